The van der Waals surface area contributed by atoms with E-state index in [4.69, 9.17) is 9.15 Å². The molecule has 8 heteroatoms. The number of methoxy groups -OCH3 is 1. The molecule has 4 aromatic rings. The van der Waals surface area contributed by atoms with Gasteiger partial charge in [0.05, 0.1) is 25.7 Å². The van der Waals surface area contributed by atoms with E-state index >= 15 is 0 Å². The molecule has 158 valence electrons. The second kappa shape index (κ2) is 9.53. The minimum absolute atomic E-state index is 0.0185. The van der Waals surface area contributed by atoms with Gasteiger partial charge < -0.3 is 14.1 Å². The first-order valence-corrected chi connectivity index (χ1v) is 10.7. The van der Waals surface area contributed by atoms with Crippen molar-refractivity contribution >= 4 is 17.7 Å². The van der Waals surface area contributed by atoms with Crippen LogP contribution < -0.4 is 4.74 Å². The number of benzene rings is 2. The molecule has 0 unspecified atom stereocenters. The number of para-hydroxylation sites is 1. The molecule has 4 rings (SSSR count). The highest BCUT2D eigenvalue weighted by molar-refractivity contribution is 7.99. The summed E-state index contributed by atoms with van der Waals surface area (Å²) in [6.07, 6.45) is 1.60. The van der Waals surface area contributed by atoms with Crippen molar-refractivity contribution in [3.8, 4) is 22.8 Å². The zero-order chi connectivity index (χ0) is 21.6. The van der Waals surface area contributed by atoms with Gasteiger partial charge in [-0.2, -0.15) is 0 Å². The Morgan fingerprint density at radius 1 is 1.06 bits per heavy atom. The number of hydrogen-bond donors (Lipinski definition) is 0. The van der Waals surface area contributed by atoms with Gasteiger partial charge in [-0.15, -0.1) is 10.2 Å². The zero-order valence-electron chi connectivity index (χ0n) is 17.3. The first-order chi connectivity index (χ1) is 15.2. The van der Waals surface area contributed by atoms with Crippen LogP contribution in [0.15, 0.2) is 82.6 Å². The van der Waals surface area contributed by atoms with Gasteiger partial charge in [-0.25, -0.2) is 0 Å². The lowest BCUT2D eigenvalue weighted by molar-refractivity contribution is -0.127. The lowest BCUT2D eigenvalue weighted by Crippen LogP contribution is -2.27. The van der Waals surface area contributed by atoms with Crippen LogP contribution in [0.4, 0.5) is 0 Å². The number of furan rings is 1. The van der Waals surface area contributed by atoms with Crippen LogP contribution in [-0.2, 0) is 11.3 Å². The Kier molecular flexibility index (Phi) is 6.37. The van der Waals surface area contributed by atoms with Crippen LogP contribution in [0.3, 0.4) is 0 Å². The van der Waals surface area contributed by atoms with Crippen LogP contribution in [-0.4, -0.2) is 45.5 Å². The third-order valence-electron chi connectivity index (χ3n) is 4.72. The highest BCUT2D eigenvalue weighted by atomic mass is 32.2. The first kappa shape index (κ1) is 20.7. The monoisotopic (exact) mass is 434 g/mol. The van der Waals surface area contributed by atoms with Crippen molar-refractivity contribution in [2.45, 2.75) is 11.7 Å². The Bertz CT molecular complexity index is 1130. The number of nitrogens with zero attached hydrogens (tertiary/aromatic N) is 4. The quantitative estimate of drug-likeness (QED) is 0.385. The van der Waals surface area contributed by atoms with Crippen LogP contribution >= 0.6 is 11.8 Å². The Balaban J connectivity index is 1.57. The maximum Gasteiger partial charge on any atom is 0.233 e. The van der Waals surface area contributed by atoms with E-state index in [9.17, 15) is 4.79 Å². The van der Waals surface area contributed by atoms with E-state index in [-0.39, 0.29) is 11.7 Å². The van der Waals surface area contributed by atoms with Crippen molar-refractivity contribution in [3.05, 3.63) is 78.8 Å². The van der Waals surface area contributed by atoms with Gasteiger partial charge in [-0.1, -0.05) is 30.0 Å². The van der Waals surface area contributed by atoms with E-state index in [1.807, 2.05) is 71.3 Å². The average Bonchev–Trinajstić information content (AvgIpc) is 3.48. The number of carbonyl (C=O) groups is 1. The lowest BCUT2D eigenvalue weighted by Gasteiger charge is -2.15. The summed E-state index contributed by atoms with van der Waals surface area (Å²) in [6.45, 7) is 0.425. The molecule has 1 amide bonds. The number of hydrogen-bond acceptors (Lipinski definition) is 6. The van der Waals surface area contributed by atoms with Gasteiger partial charge in [0.1, 0.15) is 11.5 Å². The van der Waals surface area contributed by atoms with Crippen molar-refractivity contribution in [2.75, 3.05) is 19.9 Å². The molecule has 0 saturated heterocycles. The van der Waals surface area contributed by atoms with Crippen LogP contribution in [0.25, 0.3) is 17.1 Å². The molecule has 2 aromatic carbocycles. The molecular formula is C23H22N4O3S. The molecule has 0 N–H and O–H groups in total. The third kappa shape index (κ3) is 4.80. The predicted molar refractivity (Wildman–Crippen MR) is 119 cm³/mol. The third-order valence-corrected chi connectivity index (χ3v) is 5.63. The Hall–Kier alpha value is -3.52. The van der Waals surface area contributed by atoms with E-state index in [0.717, 1.165) is 22.8 Å². The van der Waals surface area contributed by atoms with Crippen molar-refractivity contribution in [2.24, 2.45) is 0 Å². The number of ether oxygens (including phenoxy) is 1. The zero-order valence-corrected chi connectivity index (χ0v) is 18.1. The maximum absolute atomic E-state index is 12.6. The smallest absolute Gasteiger partial charge is 0.233 e. The SMILES string of the molecule is COc1ccc(-c2nnc(SCC(=O)N(C)Cc3ccco3)n2-c2ccccc2)cc1. The fourth-order valence-corrected chi connectivity index (χ4v) is 3.95. The Morgan fingerprint density at radius 3 is 2.52 bits per heavy atom. The lowest BCUT2D eigenvalue weighted by atomic mass is 10.2. The van der Waals surface area contributed by atoms with Crippen LogP contribution in [0.1, 0.15) is 5.76 Å². The van der Waals surface area contributed by atoms with E-state index in [1.165, 1.54) is 11.8 Å². The maximum atomic E-state index is 12.6. The normalized spacial score (nSPS) is 10.8. The van der Waals surface area contributed by atoms with E-state index < -0.39 is 0 Å². The van der Waals surface area contributed by atoms with Gasteiger partial charge in [-0.05, 0) is 48.5 Å². The molecular weight excluding hydrogens is 412 g/mol. The fraction of sp³-hybridized carbons (Fsp3) is 0.174. The van der Waals surface area contributed by atoms with Crippen LogP contribution in [0, 0.1) is 0 Å². The van der Waals surface area contributed by atoms with Gasteiger partial charge >= 0.3 is 0 Å². The molecule has 0 fully saturated rings. The summed E-state index contributed by atoms with van der Waals surface area (Å²) in [5.74, 6) is 2.44. The second-order valence-electron chi connectivity index (χ2n) is 6.82. The van der Waals surface area contributed by atoms with E-state index in [1.54, 1.807) is 25.3 Å². The highest BCUT2D eigenvalue weighted by Gasteiger charge is 2.19. The molecule has 7 nitrogen and oxygen atoms in total. The number of thioether (sulfide) groups is 1. The molecule has 31 heavy (non-hydrogen) atoms. The Labute approximate surface area is 184 Å². The molecule has 2 aromatic heterocycles. The van der Waals surface area contributed by atoms with Gasteiger partial charge in [0.2, 0.25) is 5.91 Å². The van der Waals surface area contributed by atoms with Crippen LogP contribution in [0.5, 0.6) is 5.75 Å². The molecule has 0 spiro atoms. The van der Waals surface area contributed by atoms with Gasteiger partial charge in [0.25, 0.3) is 0 Å². The number of rotatable bonds is 8. The highest BCUT2D eigenvalue weighted by Crippen LogP contribution is 2.29. The number of carbonyl (C=O) groups excluding carboxylic acids is 1. The molecule has 0 atom stereocenters. The van der Waals surface area contributed by atoms with Crippen molar-refractivity contribution in [3.63, 3.8) is 0 Å². The summed E-state index contributed by atoms with van der Waals surface area (Å²) >= 11 is 1.36. The molecule has 0 bridgehead atoms. The predicted octanol–water partition coefficient (Wildman–Crippen LogP) is 4.29. The molecule has 2 heterocycles. The summed E-state index contributed by atoms with van der Waals surface area (Å²) in [4.78, 5) is 14.3. The largest absolute Gasteiger partial charge is 0.497 e. The van der Waals surface area contributed by atoms with E-state index in [0.29, 0.717) is 17.5 Å². The van der Waals surface area contributed by atoms with Gasteiger partial charge in [-0.3, -0.25) is 9.36 Å². The summed E-state index contributed by atoms with van der Waals surface area (Å²) in [6, 6.07) is 21.2. The summed E-state index contributed by atoms with van der Waals surface area (Å²) in [7, 11) is 3.40. The molecule has 0 aliphatic carbocycles. The molecule has 0 radical (unpaired) electrons. The number of aromatic nitrogens is 3. The number of amides is 1. The topological polar surface area (TPSA) is 73.4 Å². The van der Waals surface area contributed by atoms with Crippen LogP contribution in [0.2, 0.25) is 0 Å². The van der Waals surface area contributed by atoms with Crippen molar-refractivity contribution in [1.82, 2.24) is 19.7 Å². The fourth-order valence-electron chi connectivity index (χ4n) is 3.06. The van der Waals surface area contributed by atoms with E-state index in [2.05, 4.69) is 10.2 Å². The molecule has 0 aliphatic rings. The molecule has 0 saturated carbocycles. The first-order valence-electron chi connectivity index (χ1n) is 9.70. The average molecular weight is 435 g/mol. The van der Waals surface area contributed by atoms with Gasteiger partial charge in [0, 0.05) is 18.3 Å². The summed E-state index contributed by atoms with van der Waals surface area (Å²) in [5.41, 5.74) is 1.84. The van der Waals surface area contributed by atoms with Crippen molar-refractivity contribution < 1.29 is 13.9 Å². The Morgan fingerprint density at radius 2 is 1.84 bits per heavy atom. The summed E-state index contributed by atoms with van der Waals surface area (Å²) in [5, 5.41) is 9.44. The van der Waals surface area contributed by atoms with Crippen molar-refractivity contribution in [1.29, 1.82) is 0 Å². The summed E-state index contributed by atoms with van der Waals surface area (Å²) < 4.78 is 12.5. The van der Waals surface area contributed by atoms with Gasteiger partial charge in [0.15, 0.2) is 11.0 Å². The standard InChI is InChI=1S/C23H22N4O3S/c1-26(15-20-9-6-14-30-20)21(28)16-31-23-25-24-22(17-10-12-19(29-2)13-11-17)27(23)18-7-4-3-5-8-18/h3-14H,15-16H2,1-2H3. The minimum atomic E-state index is -0.0185. The molecule has 0 aliphatic heterocycles. The second-order valence-corrected chi connectivity index (χ2v) is 7.77. The minimum Gasteiger partial charge on any atom is -0.497 e.